The molecule has 0 radical (unpaired) electrons. The van der Waals surface area contributed by atoms with Gasteiger partial charge >= 0.3 is 0 Å². The Balaban J connectivity index is 1.45. The van der Waals surface area contributed by atoms with Crippen molar-refractivity contribution in [2.75, 3.05) is 5.75 Å². The summed E-state index contributed by atoms with van der Waals surface area (Å²) in [5.41, 5.74) is 5.18. The Labute approximate surface area is 211 Å². The normalized spacial score (nSPS) is 11.6. The second-order valence-electron chi connectivity index (χ2n) is 7.01. The largest absolute Gasteiger partial charge is 0.272 e. The van der Waals surface area contributed by atoms with Crippen LogP contribution < -0.4 is 5.43 Å². The van der Waals surface area contributed by atoms with Crippen LogP contribution in [0.15, 0.2) is 100 Å². The average Bonchev–Trinajstić information content (AvgIpc) is 3.28. The van der Waals surface area contributed by atoms with Gasteiger partial charge in [0, 0.05) is 16.3 Å². The first kappa shape index (κ1) is 23.8. The van der Waals surface area contributed by atoms with Crippen LogP contribution in [0.1, 0.15) is 5.56 Å². The molecule has 4 aromatic rings. The minimum atomic E-state index is -0.291. The van der Waals surface area contributed by atoms with Crippen LogP contribution >= 0.6 is 35.0 Å². The number of thioether (sulfide) groups is 1. The highest BCUT2D eigenvalue weighted by Crippen LogP contribution is 2.28. The number of allylic oxidation sites excluding steroid dienone is 1. The van der Waals surface area contributed by atoms with Crippen LogP contribution in [-0.2, 0) is 4.79 Å². The van der Waals surface area contributed by atoms with Gasteiger partial charge in [0.15, 0.2) is 11.0 Å². The van der Waals surface area contributed by atoms with Crippen molar-refractivity contribution in [2.45, 2.75) is 5.16 Å². The van der Waals surface area contributed by atoms with E-state index >= 15 is 0 Å². The van der Waals surface area contributed by atoms with Gasteiger partial charge in [0.1, 0.15) is 0 Å². The third-order valence-electron chi connectivity index (χ3n) is 4.56. The van der Waals surface area contributed by atoms with Crippen molar-refractivity contribution in [3.8, 4) is 17.1 Å². The molecular weight excluding hydrogens is 489 g/mol. The maximum atomic E-state index is 12.3. The molecule has 1 aromatic heterocycles. The van der Waals surface area contributed by atoms with Gasteiger partial charge in [0.05, 0.1) is 17.0 Å². The number of aromatic nitrogens is 3. The smallest absolute Gasteiger partial charge is 0.250 e. The first-order chi connectivity index (χ1) is 16.6. The maximum absolute atomic E-state index is 12.3. The molecule has 0 aliphatic rings. The number of nitrogens with one attached hydrogen (secondary N) is 1. The lowest BCUT2D eigenvalue weighted by atomic mass is 10.2. The van der Waals surface area contributed by atoms with Crippen LogP contribution in [-0.4, -0.2) is 32.6 Å². The zero-order chi connectivity index (χ0) is 23.8. The van der Waals surface area contributed by atoms with Crippen molar-refractivity contribution in [1.82, 2.24) is 20.2 Å². The molecule has 34 heavy (non-hydrogen) atoms. The third kappa shape index (κ3) is 6.35. The van der Waals surface area contributed by atoms with Crippen molar-refractivity contribution in [3.63, 3.8) is 0 Å². The van der Waals surface area contributed by atoms with Crippen LogP contribution in [0.3, 0.4) is 0 Å². The minimum absolute atomic E-state index is 0.100. The van der Waals surface area contributed by atoms with E-state index in [4.69, 9.17) is 23.2 Å². The van der Waals surface area contributed by atoms with Gasteiger partial charge in [-0.3, -0.25) is 9.36 Å². The summed E-state index contributed by atoms with van der Waals surface area (Å²) in [6.45, 7) is 0. The fraction of sp³-hybridized carbons (Fsp3) is 0.0400. The number of carbonyl (C=O) groups is 1. The fourth-order valence-corrected chi connectivity index (χ4v) is 4.08. The molecule has 0 saturated carbocycles. The van der Waals surface area contributed by atoms with Crippen LogP contribution in [0.4, 0.5) is 0 Å². The van der Waals surface area contributed by atoms with E-state index in [0.29, 0.717) is 21.0 Å². The number of hydrogen-bond donors (Lipinski definition) is 1. The van der Waals surface area contributed by atoms with Crippen molar-refractivity contribution < 1.29 is 4.79 Å². The van der Waals surface area contributed by atoms with Gasteiger partial charge in [-0.1, -0.05) is 83.5 Å². The Hall–Kier alpha value is -3.39. The molecule has 1 heterocycles. The summed E-state index contributed by atoms with van der Waals surface area (Å²) in [6.07, 6.45) is 3.15. The topological polar surface area (TPSA) is 72.2 Å². The van der Waals surface area contributed by atoms with Gasteiger partial charge in [-0.2, -0.15) is 5.10 Å². The van der Waals surface area contributed by atoms with Gasteiger partial charge in [-0.05, 0) is 48.0 Å². The van der Waals surface area contributed by atoms with Crippen molar-refractivity contribution in [1.29, 1.82) is 0 Å². The average molecular weight is 508 g/mol. The quantitative estimate of drug-likeness (QED) is 0.178. The maximum Gasteiger partial charge on any atom is 0.250 e. The van der Waals surface area contributed by atoms with Crippen molar-refractivity contribution in [3.05, 3.63) is 101 Å². The lowest BCUT2D eigenvalue weighted by Crippen LogP contribution is -2.19. The number of hydrazone groups is 1. The molecule has 0 unspecified atom stereocenters. The first-order valence-corrected chi connectivity index (χ1v) is 12.0. The Kier molecular flexibility index (Phi) is 8.14. The zero-order valence-corrected chi connectivity index (χ0v) is 20.1. The van der Waals surface area contributed by atoms with Gasteiger partial charge in [-0.25, -0.2) is 5.43 Å². The number of rotatable bonds is 8. The number of halogens is 2. The molecule has 0 bridgehead atoms. The monoisotopic (exact) mass is 507 g/mol. The van der Waals surface area contributed by atoms with E-state index in [1.807, 2.05) is 77.4 Å². The third-order valence-corrected chi connectivity index (χ3v) is 5.95. The molecule has 0 atom stereocenters. The minimum Gasteiger partial charge on any atom is -0.272 e. The Morgan fingerprint density at radius 2 is 1.65 bits per heavy atom. The van der Waals surface area contributed by atoms with Gasteiger partial charge in [0.25, 0.3) is 5.91 Å². The molecule has 170 valence electrons. The van der Waals surface area contributed by atoms with E-state index < -0.39 is 0 Å². The Bertz CT molecular complexity index is 1310. The van der Waals surface area contributed by atoms with Gasteiger partial charge in [0.2, 0.25) is 0 Å². The van der Waals surface area contributed by atoms with Gasteiger partial charge < -0.3 is 0 Å². The summed E-state index contributed by atoms with van der Waals surface area (Å²) in [5, 5.41) is 14.2. The lowest BCUT2D eigenvalue weighted by molar-refractivity contribution is -0.118. The SMILES string of the molecule is O=C(CSc1nnc(-c2ccc(Cl)cc2)n1-c1ccccc1)N/N=C/C(Cl)=C/c1ccccc1. The van der Waals surface area contributed by atoms with Crippen LogP contribution in [0, 0.1) is 0 Å². The molecule has 0 spiro atoms. The summed E-state index contributed by atoms with van der Waals surface area (Å²) >= 11 is 13.4. The highest BCUT2D eigenvalue weighted by molar-refractivity contribution is 7.99. The first-order valence-electron chi connectivity index (χ1n) is 10.2. The van der Waals surface area contributed by atoms with Crippen molar-refractivity contribution >= 4 is 53.2 Å². The van der Waals surface area contributed by atoms with E-state index in [1.54, 1.807) is 18.2 Å². The molecule has 3 aromatic carbocycles. The number of benzene rings is 3. The highest BCUT2D eigenvalue weighted by Gasteiger charge is 2.17. The van der Waals surface area contributed by atoms with Gasteiger partial charge in [-0.15, -0.1) is 10.2 Å². The lowest BCUT2D eigenvalue weighted by Gasteiger charge is -2.10. The Morgan fingerprint density at radius 3 is 2.35 bits per heavy atom. The second-order valence-corrected chi connectivity index (χ2v) is 8.82. The molecule has 4 rings (SSSR count). The molecule has 0 saturated heterocycles. The molecular formula is C25H19Cl2N5OS. The van der Waals surface area contributed by atoms with Crippen LogP contribution in [0.25, 0.3) is 23.2 Å². The van der Waals surface area contributed by atoms with E-state index in [0.717, 1.165) is 16.8 Å². The zero-order valence-electron chi connectivity index (χ0n) is 17.8. The summed E-state index contributed by atoms with van der Waals surface area (Å²) in [5.74, 6) is 0.464. The number of hydrogen-bond acceptors (Lipinski definition) is 5. The van der Waals surface area contributed by atoms with E-state index in [-0.39, 0.29) is 11.7 Å². The molecule has 1 N–H and O–H groups in total. The molecule has 0 fully saturated rings. The standard InChI is InChI=1S/C25H19Cl2N5OS/c26-20-13-11-19(12-14-20)24-30-31-25(32(24)22-9-5-2-6-10-22)34-17-23(33)29-28-16-21(27)15-18-7-3-1-4-8-18/h1-16H,17H2,(H,29,33)/b21-15-,28-16+. The second kappa shape index (κ2) is 11.7. The number of para-hydroxylation sites is 1. The summed E-state index contributed by atoms with van der Waals surface area (Å²) in [7, 11) is 0. The summed E-state index contributed by atoms with van der Waals surface area (Å²) in [4.78, 5) is 12.3. The number of carbonyl (C=O) groups excluding carboxylic acids is 1. The predicted octanol–water partition coefficient (Wildman–Crippen LogP) is 6.06. The number of nitrogens with zero attached hydrogens (tertiary/aromatic N) is 4. The molecule has 1 amide bonds. The predicted molar refractivity (Wildman–Crippen MR) is 139 cm³/mol. The van der Waals surface area contributed by atoms with Crippen LogP contribution in [0.2, 0.25) is 5.02 Å². The van der Waals surface area contributed by atoms with Crippen molar-refractivity contribution in [2.24, 2.45) is 5.10 Å². The van der Waals surface area contributed by atoms with E-state index in [2.05, 4.69) is 20.7 Å². The summed E-state index contributed by atoms with van der Waals surface area (Å²) < 4.78 is 1.91. The fourth-order valence-electron chi connectivity index (χ4n) is 3.03. The van der Waals surface area contributed by atoms with E-state index in [1.165, 1.54) is 18.0 Å². The molecule has 6 nitrogen and oxygen atoms in total. The molecule has 0 aliphatic heterocycles. The highest BCUT2D eigenvalue weighted by atomic mass is 35.5. The number of amides is 1. The van der Waals surface area contributed by atoms with E-state index in [9.17, 15) is 4.79 Å². The molecule has 9 heteroatoms. The van der Waals surface area contributed by atoms with Crippen LogP contribution in [0.5, 0.6) is 0 Å². The summed E-state index contributed by atoms with van der Waals surface area (Å²) in [6, 6.07) is 26.7. The molecule has 0 aliphatic carbocycles. The Morgan fingerprint density at radius 1 is 0.971 bits per heavy atom.